The van der Waals surface area contributed by atoms with E-state index in [0.717, 1.165) is 5.56 Å². The first kappa shape index (κ1) is 25.7. The van der Waals surface area contributed by atoms with Crippen molar-refractivity contribution >= 4 is 23.3 Å². The zero-order valence-electron chi connectivity index (χ0n) is 18.2. The van der Waals surface area contributed by atoms with Crippen molar-refractivity contribution in [3.05, 3.63) is 108 Å². The predicted molar refractivity (Wildman–Crippen MR) is 122 cm³/mol. The van der Waals surface area contributed by atoms with Crippen LogP contribution in [0.15, 0.2) is 101 Å². The first-order valence-corrected chi connectivity index (χ1v) is 10.3. The van der Waals surface area contributed by atoms with Gasteiger partial charge >= 0.3 is 16.5 Å². The van der Waals surface area contributed by atoms with Gasteiger partial charge < -0.3 is 15.0 Å². The first-order chi connectivity index (χ1) is 15.5. The Labute approximate surface area is 203 Å². The molecule has 0 bridgehead atoms. The van der Waals surface area contributed by atoms with Crippen LogP contribution in [0.3, 0.4) is 0 Å². The van der Waals surface area contributed by atoms with Gasteiger partial charge in [0.2, 0.25) is 0 Å². The van der Waals surface area contributed by atoms with Crippen LogP contribution in [0, 0.1) is 5.92 Å². The summed E-state index contributed by atoms with van der Waals surface area (Å²) >= 11 is 0. The molecule has 0 unspecified atom stereocenters. The molecule has 2 aromatic carbocycles. The van der Waals surface area contributed by atoms with Crippen LogP contribution in [0.25, 0.3) is 0 Å². The molecule has 170 valence electrons. The molecule has 7 heteroatoms. The van der Waals surface area contributed by atoms with Crippen LogP contribution in [0.4, 0.5) is 5.69 Å². The Morgan fingerprint density at radius 2 is 1.64 bits per heavy atom. The summed E-state index contributed by atoms with van der Waals surface area (Å²) in [6, 6.07) is 21.5. The van der Waals surface area contributed by atoms with Crippen molar-refractivity contribution in [3.63, 3.8) is 0 Å². The molecule has 3 aromatic rings. The number of pyridine rings is 1. The minimum absolute atomic E-state index is 0. The molecule has 0 saturated carbocycles. The average molecular weight is 484 g/mol. The summed E-state index contributed by atoms with van der Waals surface area (Å²) in [5.41, 5.74) is 2.61. The minimum atomic E-state index is -1.25. The third kappa shape index (κ3) is 7.23. The smallest absolute Gasteiger partial charge is 0.857 e. The Morgan fingerprint density at radius 1 is 0.970 bits per heavy atom. The maximum absolute atomic E-state index is 12.6. The number of rotatable bonds is 8. The van der Waals surface area contributed by atoms with E-state index in [-0.39, 0.29) is 33.7 Å². The van der Waals surface area contributed by atoms with Crippen LogP contribution >= 0.6 is 0 Å². The van der Waals surface area contributed by atoms with Gasteiger partial charge in [-0.2, -0.15) is 0 Å². The molecule has 0 saturated heterocycles. The monoisotopic (exact) mass is 483 g/mol. The molecule has 0 atom stereocenters. The van der Waals surface area contributed by atoms with Gasteiger partial charge in [0.25, 0.3) is 0 Å². The van der Waals surface area contributed by atoms with Gasteiger partial charge in [-0.1, -0.05) is 68.4 Å². The van der Waals surface area contributed by atoms with Gasteiger partial charge in [0.15, 0.2) is 0 Å². The molecule has 3 rings (SSSR count). The number of aliphatic carboxylic acids is 1. The summed E-state index contributed by atoms with van der Waals surface area (Å²) in [6.07, 6.45) is 3.19. The number of aliphatic imine (C=N–C) groups is 2. The molecule has 0 fully saturated rings. The molecule has 0 radical (unpaired) electrons. The van der Waals surface area contributed by atoms with Crippen molar-refractivity contribution in [2.75, 3.05) is 0 Å². The van der Waals surface area contributed by atoms with Gasteiger partial charge in [-0.25, -0.2) is 0 Å². The summed E-state index contributed by atoms with van der Waals surface area (Å²) in [6.45, 7) is 3.85. The maximum atomic E-state index is 12.6. The van der Waals surface area contributed by atoms with Crippen molar-refractivity contribution < 1.29 is 31.5 Å². The standard InChI is InChI=1S/C26H25N3O3.Ni/c1-18(2)16-20(26(31)32)17-28-24(19-10-4-3-5-11-19)21-12-6-7-13-22(21)29-25(30)23-14-8-9-15-27-23;/h3-15,17-18H,16H2,1-2H3,(H,29,30)(H,31,32);/q;+2/p-2/b20-17-,28-24?;. The predicted octanol–water partition coefficient (Wildman–Crippen LogP) is 3.04. The fraction of sp³-hybridized carbons (Fsp3) is 0.154. The molecule has 6 nitrogen and oxygen atoms in total. The number of nitrogens with zero attached hydrogens (tertiary/aromatic N) is 3. The van der Waals surface area contributed by atoms with Gasteiger partial charge in [0.05, 0.1) is 23.1 Å². The van der Waals surface area contributed by atoms with E-state index >= 15 is 0 Å². The van der Waals surface area contributed by atoms with Crippen LogP contribution in [-0.2, 0) is 21.3 Å². The summed E-state index contributed by atoms with van der Waals surface area (Å²) in [7, 11) is 0. The number of carboxylic acids is 1. The Hall–Kier alpha value is -3.57. The largest absolute Gasteiger partial charge is 2.00 e. The van der Waals surface area contributed by atoms with Gasteiger partial charge in [-0.15, -0.1) is 0 Å². The molecule has 0 aliphatic heterocycles. The minimum Gasteiger partial charge on any atom is -0.857 e. The second kappa shape index (κ2) is 12.5. The number of aromatic nitrogens is 1. The summed E-state index contributed by atoms with van der Waals surface area (Å²) in [4.78, 5) is 24.4. The second-order valence-corrected chi connectivity index (χ2v) is 7.53. The normalized spacial score (nSPS) is 12.4. The van der Waals surface area contributed by atoms with Gasteiger partial charge in [-0.3, -0.25) is 15.0 Å². The molecule has 0 amide bonds. The SMILES string of the molecule is CC(C)C/C(=C/N=C(c1ccccc1)c1ccccc1N=C([O-])c1ccccn1)C(=O)[O-].[Ni+2]. The van der Waals surface area contributed by atoms with Crippen LogP contribution < -0.4 is 10.2 Å². The Bertz CT molecular complexity index is 1160. The fourth-order valence-corrected chi connectivity index (χ4v) is 3.09. The molecule has 0 aliphatic carbocycles. The Kier molecular flexibility index (Phi) is 9.70. The van der Waals surface area contributed by atoms with E-state index in [1.54, 1.807) is 36.4 Å². The summed E-state index contributed by atoms with van der Waals surface area (Å²) < 4.78 is 0. The van der Waals surface area contributed by atoms with Crippen molar-refractivity contribution in [2.45, 2.75) is 20.3 Å². The molecular weight excluding hydrogens is 461 g/mol. The Morgan fingerprint density at radius 3 is 2.27 bits per heavy atom. The van der Waals surface area contributed by atoms with Gasteiger partial charge in [0.1, 0.15) is 0 Å². The third-order valence-corrected chi connectivity index (χ3v) is 4.55. The van der Waals surface area contributed by atoms with Crippen LogP contribution in [0.5, 0.6) is 0 Å². The zero-order valence-corrected chi connectivity index (χ0v) is 19.2. The van der Waals surface area contributed by atoms with Gasteiger partial charge in [0, 0.05) is 29.4 Å². The quantitative estimate of drug-likeness (QED) is 0.212. The number of carbonyl (C=O) groups excluding carboxylic acids is 1. The van der Waals surface area contributed by atoms with E-state index in [9.17, 15) is 15.0 Å². The molecule has 33 heavy (non-hydrogen) atoms. The molecule has 0 aliphatic rings. The number of benzene rings is 2. The fourth-order valence-electron chi connectivity index (χ4n) is 3.09. The van der Waals surface area contributed by atoms with Crippen LogP contribution in [-0.4, -0.2) is 22.6 Å². The number of carbonyl (C=O) groups is 1. The van der Waals surface area contributed by atoms with Crippen molar-refractivity contribution in [1.29, 1.82) is 0 Å². The van der Waals surface area contributed by atoms with E-state index in [4.69, 9.17) is 0 Å². The maximum Gasteiger partial charge on any atom is 2.00 e. The third-order valence-electron chi connectivity index (χ3n) is 4.55. The van der Waals surface area contributed by atoms with Crippen LogP contribution in [0.1, 0.15) is 37.1 Å². The topological polar surface area (TPSA) is 101 Å². The molecule has 1 aromatic heterocycles. The summed E-state index contributed by atoms with van der Waals surface area (Å²) in [5.74, 6) is -1.60. The first-order valence-electron chi connectivity index (χ1n) is 10.3. The zero-order chi connectivity index (χ0) is 22.9. The van der Waals surface area contributed by atoms with E-state index in [0.29, 0.717) is 23.4 Å². The Balaban J connectivity index is 0.00000385. The number of hydrogen-bond donors (Lipinski definition) is 0. The second-order valence-electron chi connectivity index (χ2n) is 7.53. The molecular formula is C26H23N3NiO3. The van der Waals surface area contributed by atoms with Crippen molar-refractivity contribution in [2.24, 2.45) is 15.9 Å². The van der Waals surface area contributed by atoms with E-state index in [1.807, 2.05) is 50.2 Å². The number of hydrogen-bond acceptors (Lipinski definition) is 6. The number of carboxylic acid groups (broad SMARTS) is 1. The molecule has 0 spiro atoms. The molecule has 1 heterocycles. The van der Waals surface area contributed by atoms with Crippen molar-refractivity contribution in [1.82, 2.24) is 4.98 Å². The van der Waals surface area contributed by atoms with Crippen LogP contribution in [0.2, 0.25) is 0 Å². The summed E-state index contributed by atoms with van der Waals surface area (Å²) in [5, 5.41) is 24.2. The van der Waals surface area contributed by atoms with E-state index in [1.165, 1.54) is 12.4 Å². The average Bonchev–Trinajstić information content (AvgIpc) is 2.80. The number of para-hydroxylation sites is 1. The van der Waals surface area contributed by atoms with Crippen molar-refractivity contribution in [3.8, 4) is 0 Å². The molecule has 0 N–H and O–H groups in total. The van der Waals surface area contributed by atoms with E-state index < -0.39 is 11.9 Å². The van der Waals surface area contributed by atoms with Gasteiger partial charge in [-0.05, 0) is 36.1 Å². The van der Waals surface area contributed by atoms with E-state index in [2.05, 4.69) is 15.0 Å².